The molecule has 3 N–H and O–H groups in total. The molecule has 1 rings (SSSR count). The molecular formula is C12H19N3O. The number of anilines is 1. The number of carbonyl (C=O) groups is 1. The smallest absolute Gasteiger partial charge is 0.270 e. The first-order chi connectivity index (χ1) is 7.44. The normalized spacial score (nSPS) is 11.2. The third kappa shape index (κ3) is 3.53. The zero-order valence-electron chi connectivity index (χ0n) is 10.1. The third-order valence-electron chi connectivity index (χ3n) is 2.33. The molecule has 0 aromatic carbocycles. The van der Waals surface area contributed by atoms with Gasteiger partial charge < -0.3 is 11.1 Å². The topological polar surface area (TPSA) is 68.0 Å². The summed E-state index contributed by atoms with van der Waals surface area (Å²) < 4.78 is 0. The van der Waals surface area contributed by atoms with Gasteiger partial charge in [-0.1, -0.05) is 19.4 Å². The van der Waals surface area contributed by atoms with Crippen molar-refractivity contribution in [2.24, 2.45) is 0 Å². The minimum atomic E-state index is -0.210. The molecule has 0 aliphatic carbocycles. The van der Waals surface area contributed by atoms with Crippen molar-refractivity contribution < 1.29 is 4.79 Å². The van der Waals surface area contributed by atoms with Crippen molar-refractivity contribution in [3.05, 3.63) is 23.9 Å². The van der Waals surface area contributed by atoms with Gasteiger partial charge in [0, 0.05) is 5.54 Å². The van der Waals surface area contributed by atoms with E-state index in [1.165, 1.54) is 0 Å². The molecule has 0 saturated carbocycles. The summed E-state index contributed by atoms with van der Waals surface area (Å²) in [6.07, 6.45) is 1.96. The lowest BCUT2D eigenvalue weighted by atomic mass is 9.99. The molecule has 1 heterocycles. The molecule has 4 nitrogen and oxygen atoms in total. The van der Waals surface area contributed by atoms with Gasteiger partial charge in [-0.25, -0.2) is 4.98 Å². The minimum absolute atomic E-state index is 0.175. The summed E-state index contributed by atoms with van der Waals surface area (Å²) in [6.45, 7) is 6.09. The van der Waals surface area contributed by atoms with Crippen LogP contribution < -0.4 is 11.1 Å². The van der Waals surface area contributed by atoms with Gasteiger partial charge in [0.05, 0.1) is 0 Å². The number of hydrogen-bond acceptors (Lipinski definition) is 3. The Morgan fingerprint density at radius 3 is 2.75 bits per heavy atom. The molecule has 1 amide bonds. The maximum atomic E-state index is 11.9. The van der Waals surface area contributed by atoms with Gasteiger partial charge in [0.25, 0.3) is 5.91 Å². The number of amides is 1. The van der Waals surface area contributed by atoms with E-state index < -0.39 is 0 Å². The standard InChI is InChI=1S/C12H19N3O/c1-4-8-12(2,3)15-11(16)9-6-5-7-10(13)14-9/h5-7H,4,8H2,1-3H3,(H2,13,14)(H,15,16). The van der Waals surface area contributed by atoms with Crippen LogP contribution in [0, 0.1) is 0 Å². The summed E-state index contributed by atoms with van der Waals surface area (Å²) in [5.74, 6) is 0.187. The first-order valence-electron chi connectivity index (χ1n) is 5.49. The quantitative estimate of drug-likeness (QED) is 0.816. The Hall–Kier alpha value is -1.58. The molecule has 0 unspecified atom stereocenters. The Labute approximate surface area is 96.3 Å². The van der Waals surface area contributed by atoms with Gasteiger partial charge >= 0.3 is 0 Å². The second-order valence-corrected chi connectivity index (χ2v) is 4.54. The Morgan fingerprint density at radius 2 is 2.19 bits per heavy atom. The predicted octanol–water partition coefficient (Wildman–Crippen LogP) is 1.97. The molecule has 88 valence electrons. The lowest BCUT2D eigenvalue weighted by Crippen LogP contribution is -2.43. The molecule has 0 saturated heterocycles. The molecule has 0 bridgehead atoms. The Kier molecular flexibility index (Phi) is 3.88. The fourth-order valence-electron chi connectivity index (χ4n) is 1.64. The van der Waals surface area contributed by atoms with E-state index in [4.69, 9.17) is 5.73 Å². The van der Waals surface area contributed by atoms with Crippen LogP contribution in [0.5, 0.6) is 0 Å². The van der Waals surface area contributed by atoms with Crippen LogP contribution in [0.2, 0.25) is 0 Å². The van der Waals surface area contributed by atoms with E-state index in [0.29, 0.717) is 11.5 Å². The van der Waals surface area contributed by atoms with Crippen molar-refractivity contribution in [2.45, 2.75) is 39.2 Å². The summed E-state index contributed by atoms with van der Waals surface area (Å²) in [4.78, 5) is 15.8. The summed E-state index contributed by atoms with van der Waals surface area (Å²) in [7, 11) is 0. The van der Waals surface area contributed by atoms with Crippen molar-refractivity contribution in [1.29, 1.82) is 0 Å². The highest BCUT2D eigenvalue weighted by molar-refractivity contribution is 5.93. The average molecular weight is 221 g/mol. The van der Waals surface area contributed by atoms with Gasteiger partial charge in [-0.3, -0.25) is 4.79 Å². The molecule has 0 spiro atoms. The van der Waals surface area contributed by atoms with Crippen LogP contribution in [0.4, 0.5) is 5.82 Å². The third-order valence-corrected chi connectivity index (χ3v) is 2.33. The van der Waals surface area contributed by atoms with Crippen molar-refractivity contribution in [1.82, 2.24) is 10.3 Å². The van der Waals surface area contributed by atoms with Crippen LogP contribution in [0.25, 0.3) is 0 Å². The molecule has 1 aromatic rings. The fourth-order valence-corrected chi connectivity index (χ4v) is 1.64. The van der Waals surface area contributed by atoms with E-state index >= 15 is 0 Å². The van der Waals surface area contributed by atoms with E-state index in [1.807, 2.05) is 13.8 Å². The molecule has 0 fully saturated rings. The van der Waals surface area contributed by atoms with E-state index in [0.717, 1.165) is 12.8 Å². The lowest BCUT2D eigenvalue weighted by molar-refractivity contribution is 0.0904. The SMILES string of the molecule is CCCC(C)(C)NC(=O)c1cccc(N)n1. The summed E-state index contributed by atoms with van der Waals surface area (Å²) in [6, 6.07) is 5.05. The average Bonchev–Trinajstić information content (AvgIpc) is 2.16. The maximum absolute atomic E-state index is 11.9. The van der Waals surface area contributed by atoms with Gasteiger partial charge in [-0.05, 0) is 32.4 Å². The number of pyridine rings is 1. The highest BCUT2D eigenvalue weighted by atomic mass is 16.2. The number of rotatable bonds is 4. The van der Waals surface area contributed by atoms with Gasteiger partial charge in [0.15, 0.2) is 0 Å². The zero-order valence-corrected chi connectivity index (χ0v) is 10.1. The van der Waals surface area contributed by atoms with Gasteiger partial charge in [-0.2, -0.15) is 0 Å². The number of aromatic nitrogens is 1. The van der Waals surface area contributed by atoms with Gasteiger partial charge in [0.2, 0.25) is 0 Å². The van der Waals surface area contributed by atoms with Gasteiger partial charge in [0.1, 0.15) is 11.5 Å². The molecule has 1 aromatic heterocycles. The largest absolute Gasteiger partial charge is 0.384 e. The Balaban J connectivity index is 2.72. The van der Waals surface area contributed by atoms with Crippen LogP contribution in [-0.4, -0.2) is 16.4 Å². The number of nitrogen functional groups attached to an aromatic ring is 1. The van der Waals surface area contributed by atoms with Crippen LogP contribution in [0.15, 0.2) is 18.2 Å². The van der Waals surface area contributed by atoms with E-state index in [1.54, 1.807) is 18.2 Å². The molecule has 4 heteroatoms. The van der Waals surface area contributed by atoms with Crippen molar-refractivity contribution in [2.75, 3.05) is 5.73 Å². The zero-order chi connectivity index (χ0) is 12.2. The van der Waals surface area contributed by atoms with E-state index in [-0.39, 0.29) is 11.4 Å². The summed E-state index contributed by atoms with van der Waals surface area (Å²) in [5.41, 5.74) is 5.68. The molecule has 16 heavy (non-hydrogen) atoms. The second kappa shape index (κ2) is 4.96. The number of nitrogens with zero attached hydrogens (tertiary/aromatic N) is 1. The predicted molar refractivity (Wildman–Crippen MR) is 65.1 cm³/mol. The van der Waals surface area contributed by atoms with E-state index in [2.05, 4.69) is 17.2 Å². The second-order valence-electron chi connectivity index (χ2n) is 4.54. The van der Waals surface area contributed by atoms with Crippen LogP contribution in [-0.2, 0) is 0 Å². The molecule has 0 radical (unpaired) electrons. The first kappa shape index (κ1) is 12.5. The van der Waals surface area contributed by atoms with Crippen molar-refractivity contribution in [3.63, 3.8) is 0 Å². The first-order valence-corrected chi connectivity index (χ1v) is 5.49. The number of carbonyl (C=O) groups excluding carboxylic acids is 1. The fraction of sp³-hybridized carbons (Fsp3) is 0.500. The lowest BCUT2D eigenvalue weighted by Gasteiger charge is -2.25. The number of nitrogens with two attached hydrogens (primary N) is 1. The number of nitrogens with one attached hydrogen (secondary N) is 1. The van der Waals surface area contributed by atoms with E-state index in [9.17, 15) is 4.79 Å². The number of hydrogen-bond donors (Lipinski definition) is 2. The monoisotopic (exact) mass is 221 g/mol. The Bertz CT molecular complexity index is 374. The molecular weight excluding hydrogens is 202 g/mol. The minimum Gasteiger partial charge on any atom is -0.384 e. The molecule has 0 atom stereocenters. The van der Waals surface area contributed by atoms with Crippen LogP contribution >= 0.6 is 0 Å². The van der Waals surface area contributed by atoms with Crippen LogP contribution in [0.3, 0.4) is 0 Å². The van der Waals surface area contributed by atoms with Gasteiger partial charge in [-0.15, -0.1) is 0 Å². The van der Waals surface area contributed by atoms with Crippen molar-refractivity contribution >= 4 is 11.7 Å². The highest BCUT2D eigenvalue weighted by Gasteiger charge is 2.20. The summed E-state index contributed by atoms with van der Waals surface area (Å²) >= 11 is 0. The summed E-state index contributed by atoms with van der Waals surface area (Å²) in [5, 5.41) is 2.94. The van der Waals surface area contributed by atoms with Crippen molar-refractivity contribution in [3.8, 4) is 0 Å². The Morgan fingerprint density at radius 1 is 1.50 bits per heavy atom. The molecule has 0 aliphatic rings. The highest BCUT2D eigenvalue weighted by Crippen LogP contribution is 2.12. The maximum Gasteiger partial charge on any atom is 0.270 e. The van der Waals surface area contributed by atoms with Crippen LogP contribution in [0.1, 0.15) is 44.1 Å². The molecule has 0 aliphatic heterocycles.